The Balaban J connectivity index is 1.84. The van der Waals surface area contributed by atoms with Crippen LogP contribution in [-0.4, -0.2) is 11.1 Å². The van der Waals surface area contributed by atoms with Crippen LogP contribution in [0, 0.1) is 11.8 Å². The highest BCUT2D eigenvalue weighted by atomic mass is 16.4. The molecule has 2 aliphatic carbocycles. The molecule has 2 nitrogen and oxygen atoms in total. The van der Waals surface area contributed by atoms with Gasteiger partial charge in [0.1, 0.15) is 0 Å². The van der Waals surface area contributed by atoms with Crippen molar-refractivity contribution in [1.29, 1.82) is 0 Å². The maximum absolute atomic E-state index is 10.7. The van der Waals surface area contributed by atoms with E-state index >= 15 is 0 Å². The Kier molecular flexibility index (Phi) is 2.38. The zero-order chi connectivity index (χ0) is 9.26. The Bertz CT molecular complexity index is 228. The molecular weight excluding hydrogens is 164 g/mol. The van der Waals surface area contributed by atoms with Gasteiger partial charge in [-0.25, -0.2) is 0 Å². The van der Waals surface area contributed by atoms with Crippen molar-refractivity contribution in [3.05, 3.63) is 11.6 Å². The van der Waals surface area contributed by atoms with Crippen LogP contribution in [-0.2, 0) is 4.79 Å². The van der Waals surface area contributed by atoms with Crippen LogP contribution in [0.15, 0.2) is 11.6 Å². The van der Waals surface area contributed by atoms with Crippen LogP contribution in [0.25, 0.3) is 0 Å². The lowest BCUT2D eigenvalue weighted by Crippen LogP contribution is -2.17. The van der Waals surface area contributed by atoms with Crippen molar-refractivity contribution in [3.63, 3.8) is 0 Å². The van der Waals surface area contributed by atoms with Gasteiger partial charge < -0.3 is 5.11 Å². The van der Waals surface area contributed by atoms with Gasteiger partial charge in [-0.2, -0.15) is 0 Å². The number of carboxylic acids is 1. The minimum absolute atomic E-state index is 0.0728. The largest absolute Gasteiger partial charge is 0.481 e. The summed E-state index contributed by atoms with van der Waals surface area (Å²) < 4.78 is 0. The van der Waals surface area contributed by atoms with Crippen LogP contribution in [0.3, 0.4) is 0 Å². The van der Waals surface area contributed by atoms with Crippen molar-refractivity contribution in [1.82, 2.24) is 0 Å². The van der Waals surface area contributed by atoms with Gasteiger partial charge in [0.2, 0.25) is 0 Å². The molecule has 0 spiro atoms. The van der Waals surface area contributed by atoms with E-state index in [-0.39, 0.29) is 5.92 Å². The van der Waals surface area contributed by atoms with E-state index in [1.807, 2.05) is 0 Å². The quantitative estimate of drug-likeness (QED) is 0.663. The lowest BCUT2D eigenvalue weighted by molar-refractivity contribution is -0.142. The topological polar surface area (TPSA) is 37.3 Å². The number of aliphatic carboxylic acids is 1. The lowest BCUT2D eigenvalue weighted by Gasteiger charge is -2.20. The molecule has 1 N–H and O–H groups in total. The van der Waals surface area contributed by atoms with Crippen LogP contribution < -0.4 is 0 Å². The predicted molar refractivity (Wildman–Crippen MR) is 50.4 cm³/mol. The zero-order valence-electron chi connectivity index (χ0n) is 7.83. The van der Waals surface area contributed by atoms with Gasteiger partial charge >= 0.3 is 5.97 Å². The fourth-order valence-electron chi connectivity index (χ4n) is 2.00. The third-order valence-corrected chi connectivity index (χ3v) is 3.07. The van der Waals surface area contributed by atoms with Gasteiger partial charge in [-0.1, -0.05) is 11.6 Å². The Morgan fingerprint density at radius 1 is 1.23 bits per heavy atom. The molecule has 2 saturated carbocycles. The Hall–Kier alpha value is -0.790. The van der Waals surface area contributed by atoms with Crippen molar-refractivity contribution in [3.8, 4) is 0 Å². The molecule has 72 valence electrons. The summed E-state index contributed by atoms with van der Waals surface area (Å²) in [6.45, 7) is 0. The molecule has 0 aromatic carbocycles. The number of hydrogen-bond donors (Lipinski definition) is 1. The molecule has 2 rings (SSSR count). The highest BCUT2D eigenvalue weighted by Crippen LogP contribution is 2.36. The molecule has 0 aromatic rings. The van der Waals surface area contributed by atoms with E-state index < -0.39 is 5.97 Å². The first kappa shape index (κ1) is 8.79. The lowest BCUT2D eigenvalue weighted by atomic mass is 9.85. The van der Waals surface area contributed by atoms with E-state index in [0.717, 1.165) is 31.6 Å². The maximum Gasteiger partial charge on any atom is 0.306 e. The van der Waals surface area contributed by atoms with E-state index in [9.17, 15) is 4.79 Å². The van der Waals surface area contributed by atoms with Crippen molar-refractivity contribution >= 4 is 5.97 Å². The Labute approximate surface area is 78.6 Å². The number of carbonyl (C=O) groups is 1. The predicted octanol–water partition coefficient (Wildman–Crippen LogP) is 2.60. The monoisotopic (exact) mass is 180 g/mol. The third-order valence-electron chi connectivity index (χ3n) is 3.07. The maximum atomic E-state index is 10.7. The van der Waals surface area contributed by atoms with Gasteiger partial charge in [-0.15, -0.1) is 0 Å². The molecule has 13 heavy (non-hydrogen) atoms. The van der Waals surface area contributed by atoms with Gasteiger partial charge in [-0.3, -0.25) is 4.79 Å². The summed E-state index contributed by atoms with van der Waals surface area (Å²) >= 11 is 0. The van der Waals surface area contributed by atoms with Crippen LogP contribution in [0.1, 0.15) is 38.5 Å². The summed E-state index contributed by atoms with van der Waals surface area (Å²) in [6, 6.07) is 0. The van der Waals surface area contributed by atoms with Crippen molar-refractivity contribution in [2.75, 3.05) is 0 Å². The molecule has 0 aliphatic heterocycles. The van der Waals surface area contributed by atoms with Crippen LogP contribution in [0.5, 0.6) is 0 Å². The first-order chi connectivity index (χ1) is 6.25. The minimum Gasteiger partial charge on any atom is -0.481 e. The van der Waals surface area contributed by atoms with Gasteiger partial charge in [0.15, 0.2) is 0 Å². The summed E-state index contributed by atoms with van der Waals surface area (Å²) in [6.07, 6.45) is 8.85. The molecule has 0 radical (unpaired) electrons. The number of hydrogen-bond acceptors (Lipinski definition) is 1. The molecular formula is C11H16O2. The summed E-state index contributed by atoms with van der Waals surface area (Å²) in [5.74, 6) is 0.165. The molecule has 0 heterocycles. The second-order valence-corrected chi connectivity index (χ2v) is 4.27. The normalized spacial score (nSPS) is 28.6. The Morgan fingerprint density at radius 2 is 1.85 bits per heavy atom. The van der Waals surface area contributed by atoms with Crippen LogP contribution >= 0.6 is 0 Å². The second-order valence-electron chi connectivity index (χ2n) is 4.27. The third kappa shape index (κ3) is 2.33. The summed E-state index contributed by atoms with van der Waals surface area (Å²) in [5, 5.41) is 8.80. The van der Waals surface area contributed by atoms with Gasteiger partial charge in [0.25, 0.3) is 0 Å². The molecule has 0 aromatic heterocycles. The molecule has 2 heteroatoms. The van der Waals surface area contributed by atoms with Gasteiger partial charge in [0.05, 0.1) is 5.92 Å². The van der Waals surface area contributed by atoms with Gasteiger partial charge in [-0.05, 0) is 44.4 Å². The smallest absolute Gasteiger partial charge is 0.306 e. The number of carboxylic acid groups (broad SMARTS) is 1. The summed E-state index contributed by atoms with van der Waals surface area (Å²) in [7, 11) is 0. The van der Waals surface area contributed by atoms with E-state index in [1.165, 1.54) is 18.4 Å². The fraction of sp³-hybridized carbons (Fsp3) is 0.727. The number of allylic oxidation sites excluding steroid dienone is 2. The molecule has 0 saturated heterocycles. The average molecular weight is 180 g/mol. The molecule has 0 bridgehead atoms. The Morgan fingerprint density at radius 3 is 2.31 bits per heavy atom. The second kappa shape index (κ2) is 3.52. The first-order valence-corrected chi connectivity index (χ1v) is 5.18. The van der Waals surface area contributed by atoms with E-state index in [1.54, 1.807) is 0 Å². The number of rotatable bonds is 2. The van der Waals surface area contributed by atoms with E-state index in [0.29, 0.717) is 0 Å². The average Bonchev–Trinajstić information content (AvgIpc) is 2.89. The van der Waals surface area contributed by atoms with Crippen molar-refractivity contribution < 1.29 is 9.90 Å². The molecule has 2 fully saturated rings. The highest BCUT2D eigenvalue weighted by Gasteiger charge is 2.25. The SMILES string of the molecule is O=C(O)C1CCC(=CC2CC2)CC1. The van der Waals surface area contributed by atoms with Crippen molar-refractivity contribution in [2.24, 2.45) is 11.8 Å². The standard InChI is InChI=1S/C11H16O2/c12-11(13)10-5-3-9(4-6-10)7-8-1-2-8/h7-8,10H,1-6H2,(H,12,13). The summed E-state index contributed by atoms with van der Waals surface area (Å²) in [4.78, 5) is 10.7. The van der Waals surface area contributed by atoms with E-state index in [4.69, 9.17) is 5.11 Å². The van der Waals surface area contributed by atoms with Crippen LogP contribution in [0.2, 0.25) is 0 Å². The summed E-state index contributed by atoms with van der Waals surface area (Å²) in [5.41, 5.74) is 1.51. The molecule has 0 amide bonds. The van der Waals surface area contributed by atoms with Crippen LogP contribution in [0.4, 0.5) is 0 Å². The van der Waals surface area contributed by atoms with E-state index in [2.05, 4.69) is 6.08 Å². The fourth-order valence-corrected chi connectivity index (χ4v) is 2.00. The first-order valence-electron chi connectivity index (χ1n) is 5.18. The van der Waals surface area contributed by atoms with Gasteiger partial charge in [0, 0.05) is 0 Å². The minimum atomic E-state index is -0.606. The zero-order valence-corrected chi connectivity index (χ0v) is 7.83. The molecule has 0 atom stereocenters. The molecule has 2 aliphatic rings. The van der Waals surface area contributed by atoms with Crippen molar-refractivity contribution in [2.45, 2.75) is 38.5 Å². The molecule has 0 unspecified atom stereocenters. The highest BCUT2D eigenvalue weighted by molar-refractivity contribution is 5.70.